The van der Waals surface area contributed by atoms with Crippen LogP contribution in [0.4, 0.5) is 0 Å². The van der Waals surface area contributed by atoms with Crippen molar-refractivity contribution < 1.29 is 9.90 Å². The van der Waals surface area contributed by atoms with Crippen LogP contribution < -0.4 is 5.32 Å². The lowest BCUT2D eigenvalue weighted by Crippen LogP contribution is -1.99. The fourth-order valence-corrected chi connectivity index (χ4v) is 0.881. The number of carbonyl (C=O) groups is 1. The molecule has 0 aliphatic heterocycles. The van der Waals surface area contributed by atoms with Crippen molar-refractivity contribution in [1.29, 1.82) is 0 Å². The number of rotatable bonds is 2. The maximum absolute atomic E-state index is 10.3. The molecule has 0 aliphatic rings. The summed E-state index contributed by atoms with van der Waals surface area (Å²) in [6, 6.07) is 7.50. The Morgan fingerprint density at radius 1 is 1.29 bits per heavy atom. The molecule has 3 heteroatoms. The summed E-state index contributed by atoms with van der Waals surface area (Å²) in [6.07, 6.45) is 0.111. The highest BCUT2D eigenvalue weighted by atomic mass is 16.4. The van der Waals surface area contributed by atoms with Crippen molar-refractivity contribution in [2.45, 2.75) is 13.3 Å². The second kappa shape index (κ2) is 7.09. The van der Waals surface area contributed by atoms with Gasteiger partial charge in [0.05, 0.1) is 6.42 Å². The first-order chi connectivity index (χ1) is 6.60. The maximum atomic E-state index is 10.3. The minimum Gasteiger partial charge on any atom is -0.481 e. The number of carboxylic acid groups (broad SMARTS) is 1. The zero-order valence-corrected chi connectivity index (χ0v) is 8.87. The van der Waals surface area contributed by atoms with Gasteiger partial charge in [0.15, 0.2) is 0 Å². The molecule has 0 amide bonds. The molecule has 0 saturated carbocycles. The predicted octanol–water partition coefficient (Wildman–Crippen LogP) is 1.46. The number of hydrogen-bond acceptors (Lipinski definition) is 2. The molecule has 0 atom stereocenters. The maximum Gasteiger partial charge on any atom is 0.307 e. The van der Waals surface area contributed by atoms with E-state index in [1.54, 1.807) is 0 Å². The molecule has 0 unspecified atom stereocenters. The third-order valence-corrected chi connectivity index (χ3v) is 1.48. The summed E-state index contributed by atoms with van der Waals surface area (Å²) < 4.78 is 0. The number of aryl methyl sites for hydroxylation is 1. The van der Waals surface area contributed by atoms with E-state index < -0.39 is 5.97 Å². The molecule has 0 saturated heterocycles. The van der Waals surface area contributed by atoms with Crippen LogP contribution >= 0.6 is 0 Å². The Morgan fingerprint density at radius 2 is 1.71 bits per heavy atom. The molecule has 1 aromatic carbocycles. The molecule has 0 radical (unpaired) electrons. The molecule has 2 N–H and O–H groups in total. The highest BCUT2D eigenvalue weighted by Gasteiger charge is 1.97. The third-order valence-electron chi connectivity index (χ3n) is 1.48. The summed E-state index contributed by atoms with van der Waals surface area (Å²) >= 11 is 0. The third kappa shape index (κ3) is 6.20. The summed E-state index contributed by atoms with van der Waals surface area (Å²) in [5.74, 6) is -0.783. The van der Waals surface area contributed by atoms with Crippen molar-refractivity contribution in [3.05, 3.63) is 35.4 Å². The lowest BCUT2D eigenvalue weighted by atomic mass is 10.1. The zero-order valence-electron chi connectivity index (χ0n) is 8.87. The van der Waals surface area contributed by atoms with Crippen LogP contribution in [0.15, 0.2) is 24.3 Å². The Balaban J connectivity index is 0.000000500. The van der Waals surface area contributed by atoms with Crippen LogP contribution in [0.3, 0.4) is 0 Å². The van der Waals surface area contributed by atoms with E-state index in [-0.39, 0.29) is 6.42 Å². The molecule has 14 heavy (non-hydrogen) atoms. The van der Waals surface area contributed by atoms with Gasteiger partial charge >= 0.3 is 5.97 Å². The summed E-state index contributed by atoms with van der Waals surface area (Å²) in [5, 5.41) is 11.2. The number of hydrogen-bond donors (Lipinski definition) is 2. The smallest absolute Gasteiger partial charge is 0.307 e. The van der Waals surface area contributed by atoms with Crippen LogP contribution in [0.5, 0.6) is 0 Å². The van der Waals surface area contributed by atoms with Crippen molar-refractivity contribution in [3.8, 4) is 0 Å². The van der Waals surface area contributed by atoms with Crippen LogP contribution in [0.25, 0.3) is 0 Å². The van der Waals surface area contributed by atoms with E-state index in [0.29, 0.717) is 0 Å². The Hall–Kier alpha value is -1.35. The summed E-state index contributed by atoms with van der Waals surface area (Å²) in [4.78, 5) is 10.3. The van der Waals surface area contributed by atoms with Crippen LogP contribution in [0, 0.1) is 6.92 Å². The molecule has 1 rings (SSSR count). The van der Waals surface area contributed by atoms with E-state index >= 15 is 0 Å². The van der Waals surface area contributed by atoms with Crippen molar-refractivity contribution >= 4 is 5.97 Å². The fourth-order valence-electron chi connectivity index (χ4n) is 0.881. The van der Waals surface area contributed by atoms with Gasteiger partial charge in [-0.25, -0.2) is 0 Å². The second-order valence-corrected chi connectivity index (χ2v) is 3.06. The van der Waals surface area contributed by atoms with E-state index in [0.717, 1.165) is 11.1 Å². The van der Waals surface area contributed by atoms with Crippen LogP contribution in [-0.2, 0) is 11.2 Å². The molecule has 0 aliphatic carbocycles. The Labute approximate surface area is 84.8 Å². The first kappa shape index (κ1) is 12.7. The SMILES string of the molecule is CNC.Cc1ccc(CC(=O)O)cc1. The molecule has 0 heterocycles. The minimum atomic E-state index is -0.783. The number of carboxylic acids is 1. The lowest BCUT2D eigenvalue weighted by molar-refractivity contribution is -0.136. The fraction of sp³-hybridized carbons (Fsp3) is 0.364. The molecule has 0 spiro atoms. The van der Waals surface area contributed by atoms with Crippen molar-refractivity contribution in [2.75, 3.05) is 14.1 Å². The average molecular weight is 195 g/mol. The monoisotopic (exact) mass is 195 g/mol. The van der Waals surface area contributed by atoms with E-state index in [4.69, 9.17) is 5.11 Å². The second-order valence-electron chi connectivity index (χ2n) is 3.06. The topological polar surface area (TPSA) is 49.3 Å². The summed E-state index contributed by atoms with van der Waals surface area (Å²) in [7, 11) is 3.75. The minimum absolute atomic E-state index is 0.111. The average Bonchev–Trinajstić information content (AvgIpc) is 2.09. The molecule has 78 valence electrons. The first-order valence-electron chi connectivity index (χ1n) is 4.46. The molecular weight excluding hydrogens is 178 g/mol. The number of benzene rings is 1. The Kier molecular flexibility index (Phi) is 6.41. The summed E-state index contributed by atoms with van der Waals surface area (Å²) in [5.41, 5.74) is 2.00. The van der Waals surface area contributed by atoms with Crippen molar-refractivity contribution in [3.63, 3.8) is 0 Å². The molecular formula is C11H17NO2. The Morgan fingerprint density at radius 3 is 2.07 bits per heavy atom. The van der Waals surface area contributed by atoms with Gasteiger partial charge in [-0.05, 0) is 26.6 Å². The highest BCUT2D eigenvalue weighted by molar-refractivity contribution is 5.70. The summed E-state index contributed by atoms with van der Waals surface area (Å²) in [6.45, 7) is 1.98. The van der Waals surface area contributed by atoms with E-state index in [1.807, 2.05) is 45.3 Å². The predicted molar refractivity (Wildman–Crippen MR) is 57.5 cm³/mol. The molecule has 0 aromatic heterocycles. The van der Waals surface area contributed by atoms with Crippen molar-refractivity contribution in [1.82, 2.24) is 5.32 Å². The number of aliphatic carboxylic acids is 1. The molecule has 0 bridgehead atoms. The number of nitrogens with one attached hydrogen (secondary N) is 1. The molecule has 0 fully saturated rings. The van der Waals surface area contributed by atoms with Crippen molar-refractivity contribution in [2.24, 2.45) is 0 Å². The van der Waals surface area contributed by atoms with Gasteiger partial charge in [0.25, 0.3) is 0 Å². The standard InChI is InChI=1S/C9H10O2.C2H7N/c1-7-2-4-8(5-3-7)6-9(10)11;1-3-2/h2-5H,6H2,1H3,(H,10,11);3H,1-2H3. The van der Waals surface area contributed by atoms with Crippen LogP contribution in [0.1, 0.15) is 11.1 Å². The Bertz CT molecular complexity index is 267. The first-order valence-corrected chi connectivity index (χ1v) is 4.46. The van der Waals surface area contributed by atoms with Gasteiger partial charge < -0.3 is 10.4 Å². The normalized spacial score (nSPS) is 8.79. The van der Waals surface area contributed by atoms with Gasteiger partial charge in [0.1, 0.15) is 0 Å². The van der Waals surface area contributed by atoms with E-state index in [1.165, 1.54) is 0 Å². The van der Waals surface area contributed by atoms with Crippen LogP contribution in [0.2, 0.25) is 0 Å². The molecule has 3 nitrogen and oxygen atoms in total. The van der Waals surface area contributed by atoms with Gasteiger partial charge in [-0.1, -0.05) is 29.8 Å². The van der Waals surface area contributed by atoms with E-state index in [9.17, 15) is 4.79 Å². The van der Waals surface area contributed by atoms with Crippen LogP contribution in [-0.4, -0.2) is 25.2 Å². The van der Waals surface area contributed by atoms with Gasteiger partial charge in [-0.15, -0.1) is 0 Å². The largest absolute Gasteiger partial charge is 0.481 e. The van der Waals surface area contributed by atoms with Gasteiger partial charge in [-0.2, -0.15) is 0 Å². The lowest BCUT2D eigenvalue weighted by Gasteiger charge is -1.96. The van der Waals surface area contributed by atoms with Gasteiger partial charge in [-0.3, -0.25) is 4.79 Å². The zero-order chi connectivity index (χ0) is 11.0. The van der Waals surface area contributed by atoms with Gasteiger partial charge in [0, 0.05) is 0 Å². The van der Waals surface area contributed by atoms with Gasteiger partial charge in [0.2, 0.25) is 0 Å². The van der Waals surface area contributed by atoms with E-state index in [2.05, 4.69) is 5.32 Å². The molecule has 1 aromatic rings. The highest BCUT2D eigenvalue weighted by Crippen LogP contribution is 2.03. The quantitative estimate of drug-likeness (QED) is 0.751.